The number of imidazole rings is 1. The molecule has 0 spiro atoms. The molecular formula is C27H32N4O3S. The molecule has 2 aromatic carbocycles. The number of methoxy groups -OCH3 is 3. The lowest BCUT2D eigenvalue weighted by molar-refractivity contribution is 0.324. The third-order valence-electron chi connectivity index (χ3n) is 5.89. The van der Waals surface area contributed by atoms with Gasteiger partial charge in [0.05, 0.1) is 39.0 Å². The number of benzene rings is 2. The van der Waals surface area contributed by atoms with Gasteiger partial charge in [0.1, 0.15) is 0 Å². The van der Waals surface area contributed by atoms with E-state index in [9.17, 15) is 0 Å². The Morgan fingerprint density at radius 3 is 2.37 bits per heavy atom. The quantitative estimate of drug-likeness (QED) is 0.277. The van der Waals surface area contributed by atoms with Gasteiger partial charge >= 0.3 is 0 Å². The maximum absolute atomic E-state index is 5.61. The summed E-state index contributed by atoms with van der Waals surface area (Å²) >= 11 is 1.64. The van der Waals surface area contributed by atoms with Crippen LogP contribution in [0.5, 0.6) is 17.2 Å². The summed E-state index contributed by atoms with van der Waals surface area (Å²) in [4.78, 5) is 10.2. The summed E-state index contributed by atoms with van der Waals surface area (Å²) in [5.74, 6) is 2.22. The molecule has 0 N–H and O–H groups in total. The molecule has 0 aliphatic heterocycles. The number of ether oxygens (including phenoxy) is 3. The highest BCUT2D eigenvalue weighted by Crippen LogP contribution is 2.41. The molecule has 0 atom stereocenters. The molecule has 0 unspecified atom stereocenters. The fourth-order valence-electron chi connectivity index (χ4n) is 4.11. The third-order valence-corrected chi connectivity index (χ3v) is 6.75. The average Bonchev–Trinajstić information content (AvgIpc) is 3.53. The highest BCUT2D eigenvalue weighted by molar-refractivity contribution is 7.07. The van der Waals surface area contributed by atoms with Crippen molar-refractivity contribution < 1.29 is 14.2 Å². The van der Waals surface area contributed by atoms with Crippen molar-refractivity contribution >= 4 is 17.0 Å². The number of hydrogen-bond acceptors (Lipinski definition) is 6. The first-order valence-electron chi connectivity index (χ1n) is 11.6. The third kappa shape index (κ3) is 5.43. The molecule has 0 fully saturated rings. The van der Waals surface area contributed by atoms with Crippen molar-refractivity contribution in [2.24, 2.45) is 4.99 Å². The van der Waals surface area contributed by atoms with Crippen LogP contribution in [0.3, 0.4) is 0 Å². The Hall–Kier alpha value is -3.52. The highest BCUT2D eigenvalue weighted by Gasteiger charge is 2.17. The Morgan fingerprint density at radius 1 is 1.00 bits per heavy atom. The number of hydrogen-bond donors (Lipinski definition) is 0. The first-order valence-corrected chi connectivity index (χ1v) is 12.5. The van der Waals surface area contributed by atoms with E-state index in [2.05, 4.69) is 51.5 Å². The Labute approximate surface area is 210 Å². The van der Waals surface area contributed by atoms with Gasteiger partial charge in [-0.2, -0.15) is 0 Å². The van der Waals surface area contributed by atoms with Gasteiger partial charge in [0.25, 0.3) is 0 Å². The summed E-state index contributed by atoms with van der Waals surface area (Å²) in [5.41, 5.74) is 4.28. The van der Waals surface area contributed by atoms with Gasteiger partial charge < -0.3 is 23.3 Å². The zero-order chi connectivity index (χ0) is 24.8. The van der Waals surface area contributed by atoms with Crippen LogP contribution in [-0.2, 0) is 13.1 Å². The first kappa shape index (κ1) is 24.6. The molecule has 0 aliphatic carbocycles. The number of rotatable bonds is 10. The molecule has 0 aliphatic rings. The number of nitrogens with zero attached hydrogens (tertiary/aromatic N) is 4. The highest BCUT2D eigenvalue weighted by atomic mass is 32.1. The molecule has 0 saturated heterocycles. The Bertz CT molecular complexity index is 1300. The van der Waals surface area contributed by atoms with Crippen LogP contribution in [0.4, 0.5) is 5.69 Å². The van der Waals surface area contributed by atoms with Crippen molar-refractivity contribution in [3.05, 3.63) is 70.9 Å². The van der Waals surface area contributed by atoms with E-state index >= 15 is 0 Å². The van der Waals surface area contributed by atoms with Crippen molar-refractivity contribution in [2.45, 2.75) is 39.3 Å². The van der Waals surface area contributed by atoms with Gasteiger partial charge in [-0.3, -0.25) is 0 Å². The van der Waals surface area contributed by atoms with Gasteiger partial charge in [-0.1, -0.05) is 32.0 Å². The van der Waals surface area contributed by atoms with Gasteiger partial charge in [-0.25, -0.2) is 9.98 Å². The molecule has 0 saturated carbocycles. The molecule has 0 radical (unpaired) electrons. The van der Waals surface area contributed by atoms with E-state index in [0.717, 1.165) is 41.3 Å². The van der Waals surface area contributed by atoms with E-state index in [1.807, 2.05) is 36.9 Å². The second-order valence-corrected chi connectivity index (χ2v) is 9.29. The largest absolute Gasteiger partial charge is 0.493 e. The van der Waals surface area contributed by atoms with E-state index in [4.69, 9.17) is 19.2 Å². The molecule has 0 bridgehead atoms. The van der Waals surface area contributed by atoms with Crippen LogP contribution < -0.4 is 19.0 Å². The Balaban J connectivity index is 1.82. The standard InChI is InChI=1S/C27H32N4O3S/c1-19(2)21-9-6-7-10-22(21)29-27-31(13-8-12-30-14-11-28-18-30)23(17-35-27)20-15-24(32-3)26(34-5)25(16-20)33-4/h6-7,9-11,14-19H,8,12-13H2,1-5H3. The van der Waals surface area contributed by atoms with Crippen LogP contribution in [0.25, 0.3) is 11.3 Å². The lowest BCUT2D eigenvalue weighted by Crippen LogP contribution is -2.17. The average molecular weight is 493 g/mol. The monoisotopic (exact) mass is 492 g/mol. The summed E-state index contributed by atoms with van der Waals surface area (Å²) in [6, 6.07) is 12.3. The molecule has 7 nitrogen and oxygen atoms in total. The topological polar surface area (TPSA) is 62.8 Å². The SMILES string of the molecule is COc1cc(-c2csc(=Nc3ccccc3C(C)C)n2CCCn2ccnc2)cc(OC)c1OC. The molecule has 0 amide bonds. The van der Waals surface area contributed by atoms with Crippen LogP contribution in [0, 0.1) is 0 Å². The summed E-state index contributed by atoms with van der Waals surface area (Å²) in [6.45, 7) is 6.07. The smallest absolute Gasteiger partial charge is 0.203 e. The summed E-state index contributed by atoms with van der Waals surface area (Å²) < 4.78 is 21.1. The van der Waals surface area contributed by atoms with Crippen molar-refractivity contribution in [3.63, 3.8) is 0 Å². The molecule has 184 valence electrons. The van der Waals surface area contributed by atoms with Crippen LogP contribution in [0.1, 0.15) is 31.7 Å². The Kier molecular flexibility index (Phi) is 7.92. The van der Waals surface area contributed by atoms with Gasteiger partial charge in [0.15, 0.2) is 16.3 Å². The summed E-state index contributed by atoms with van der Waals surface area (Å²) in [5, 5.41) is 2.15. The van der Waals surface area contributed by atoms with Crippen LogP contribution in [0.15, 0.2) is 65.5 Å². The van der Waals surface area contributed by atoms with E-state index in [1.54, 1.807) is 32.7 Å². The van der Waals surface area contributed by atoms with Crippen molar-refractivity contribution in [1.29, 1.82) is 0 Å². The predicted molar refractivity (Wildman–Crippen MR) is 140 cm³/mol. The molecule has 8 heteroatoms. The normalized spacial score (nSPS) is 11.8. The molecule has 2 aromatic heterocycles. The zero-order valence-corrected chi connectivity index (χ0v) is 21.7. The minimum atomic E-state index is 0.388. The summed E-state index contributed by atoms with van der Waals surface area (Å²) in [6.07, 6.45) is 6.58. The van der Waals surface area contributed by atoms with Crippen molar-refractivity contribution in [1.82, 2.24) is 14.1 Å². The van der Waals surface area contributed by atoms with Crippen LogP contribution in [0.2, 0.25) is 0 Å². The Morgan fingerprint density at radius 2 is 1.74 bits per heavy atom. The van der Waals surface area contributed by atoms with Crippen LogP contribution >= 0.6 is 11.3 Å². The summed E-state index contributed by atoms with van der Waals surface area (Å²) in [7, 11) is 4.89. The number of para-hydroxylation sites is 1. The zero-order valence-electron chi connectivity index (χ0n) is 20.9. The van der Waals surface area contributed by atoms with Gasteiger partial charge in [-0.15, -0.1) is 11.3 Å². The lowest BCUT2D eigenvalue weighted by atomic mass is 10.0. The predicted octanol–water partition coefficient (Wildman–Crippen LogP) is 5.89. The second-order valence-electron chi connectivity index (χ2n) is 8.45. The second kappa shape index (κ2) is 11.3. The molecular weight excluding hydrogens is 460 g/mol. The van der Waals surface area contributed by atoms with Crippen molar-refractivity contribution in [2.75, 3.05) is 21.3 Å². The van der Waals surface area contributed by atoms with E-state index < -0.39 is 0 Å². The maximum atomic E-state index is 5.61. The van der Waals surface area contributed by atoms with Gasteiger partial charge in [0.2, 0.25) is 5.75 Å². The van der Waals surface area contributed by atoms with E-state index in [0.29, 0.717) is 23.2 Å². The molecule has 4 rings (SSSR count). The van der Waals surface area contributed by atoms with Crippen LogP contribution in [-0.4, -0.2) is 35.4 Å². The molecule has 35 heavy (non-hydrogen) atoms. The lowest BCUT2D eigenvalue weighted by Gasteiger charge is -2.15. The van der Waals surface area contributed by atoms with Gasteiger partial charge in [0, 0.05) is 36.4 Å². The minimum absolute atomic E-state index is 0.388. The van der Waals surface area contributed by atoms with Crippen molar-refractivity contribution in [3.8, 4) is 28.5 Å². The fraction of sp³-hybridized carbons (Fsp3) is 0.333. The van der Waals surface area contributed by atoms with E-state index in [1.165, 1.54) is 5.56 Å². The number of aryl methyl sites for hydroxylation is 1. The molecule has 4 aromatic rings. The fourth-order valence-corrected chi connectivity index (χ4v) is 5.05. The number of aromatic nitrogens is 3. The van der Waals surface area contributed by atoms with Gasteiger partial charge in [-0.05, 0) is 36.1 Å². The maximum Gasteiger partial charge on any atom is 0.203 e. The number of thiazole rings is 1. The molecule has 2 heterocycles. The minimum Gasteiger partial charge on any atom is -0.493 e. The first-order chi connectivity index (χ1) is 17.0. The van der Waals surface area contributed by atoms with E-state index in [-0.39, 0.29) is 0 Å².